The molecular weight excluding hydrogens is 378 g/mol. The van der Waals surface area contributed by atoms with Crippen LogP contribution < -0.4 is 16.4 Å². The van der Waals surface area contributed by atoms with Crippen LogP contribution in [0, 0.1) is 0 Å². The second-order valence-corrected chi connectivity index (χ2v) is 6.39. The van der Waals surface area contributed by atoms with E-state index in [0.29, 0.717) is 17.7 Å². The smallest absolute Gasteiger partial charge is 0.328 e. The lowest BCUT2D eigenvalue weighted by atomic mass is 10.1. The van der Waals surface area contributed by atoms with E-state index in [1.165, 1.54) is 0 Å². The Labute approximate surface area is 164 Å². The van der Waals surface area contributed by atoms with Crippen LogP contribution in [-0.2, 0) is 14.3 Å². The summed E-state index contributed by atoms with van der Waals surface area (Å²) in [4.78, 5) is 35.6. The van der Waals surface area contributed by atoms with Crippen LogP contribution >= 0.6 is 24.2 Å². The number of amides is 2. The molecule has 0 fully saturated rings. The van der Waals surface area contributed by atoms with Crippen molar-refractivity contribution < 1.29 is 19.1 Å². The summed E-state index contributed by atoms with van der Waals surface area (Å²) in [5, 5.41) is 5.27. The van der Waals surface area contributed by atoms with E-state index in [9.17, 15) is 14.4 Å². The summed E-state index contributed by atoms with van der Waals surface area (Å²) in [7, 11) is 0. The first-order valence-electron chi connectivity index (χ1n) is 8.02. The predicted molar refractivity (Wildman–Crippen MR) is 107 cm³/mol. The van der Waals surface area contributed by atoms with Crippen molar-refractivity contribution in [2.75, 3.05) is 23.9 Å². The lowest BCUT2D eigenvalue weighted by Gasteiger charge is -2.13. The van der Waals surface area contributed by atoms with Crippen LogP contribution in [0.15, 0.2) is 24.3 Å². The summed E-state index contributed by atoms with van der Waals surface area (Å²) in [6.07, 6.45) is 2.55. The molecule has 7 nitrogen and oxygen atoms in total. The molecule has 0 saturated carbocycles. The molecule has 0 aromatic heterocycles. The Kier molecular flexibility index (Phi) is 11.7. The highest BCUT2D eigenvalue weighted by Crippen LogP contribution is 2.11. The van der Waals surface area contributed by atoms with Gasteiger partial charge >= 0.3 is 5.97 Å². The zero-order valence-corrected chi connectivity index (χ0v) is 16.7. The molecule has 0 aliphatic rings. The molecule has 0 aliphatic carbocycles. The number of thioether (sulfide) groups is 1. The van der Waals surface area contributed by atoms with Crippen LogP contribution in [0.2, 0.25) is 0 Å². The maximum atomic E-state index is 12.1. The molecule has 2 amide bonds. The van der Waals surface area contributed by atoms with Crippen molar-refractivity contribution in [1.29, 1.82) is 0 Å². The molecule has 9 heteroatoms. The van der Waals surface area contributed by atoms with Gasteiger partial charge in [-0.05, 0) is 56.5 Å². The van der Waals surface area contributed by atoms with Crippen molar-refractivity contribution in [2.45, 2.75) is 32.4 Å². The van der Waals surface area contributed by atoms with Crippen LogP contribution in [0.5, 0.6) is 0 Å². The second kappa shape index (κ2) is 12.6. The molecule has 1 aromatic rings. The van der Waals surface area contributed by atoms with Gasteiger partial charge in [0.25, 0.3) is 5.91 Å². The largest absolute Gasteiger partial charge is 0.464 e. The van der Waals surface area contributed by atoms with Crippen molar-refractivity contribution in [1.82, 2.24) is 5.32 Å². The summed E-state index contributed by atoms with van der Waals surface area (Å²) in [5.41, 5.74) is 6.73. The normalized spacial score (nSPS) is 12.3. The molecule has 0 saturated heterocycles. The van der Waals surface area contributed by atoms with Crippen molar-refractivity contribution in [2.24, 2.45) is 5.73 Å². The van der Waals surface area contributed by atoms with Gasteiger partial charge in [0.1, 0.15) is 6.04 Å². The Bertz CT molecular complexity index is 598. The number of carbonyl (C=O) groups is 3. The van der Waals surface area contributed by atoms with Gasteiger partial charge in [-0.1, -0.05) is 0 Å². The Morgan fingerprint density at radius 1 is 1.23 bits per heavy atom. The van der Waals surface area contributed by atoms with E-state index < -0.39 is 24.0 Å². The molecule has 146 valence electrons. The van der Waals surface area contributed by atoms with Gasteiger partial charge in [0, 0.05) is 11.3 Å². The average molecular weight is 404 g/mol. The van der Waals surface area contributed by atoms with Crippen molar-refractivity contribution in [3.05, 3.63) is 29.8 Å². The van der Waals surface area contributed by atoms with E-state index in [4.69, 9.17) is 10.5 Å². The molecule has 0 aliphatic heterocycles. The van der Waals surface area contributed by atoms with E-state index in [1.54, 1.807) is 49.9 Å². The molecule has 0 radical (unpaired) electrons. The molecule has 0 heterocycles. The SMILES string of the molecule is CCOC(=O)C(C)NC(=O)c1ccc(NC(=O)[C@@H](N)CCSC)cc1.Cl. The second-order valence-electron chi connectivity index (χ2n) is 5.40. The third kappa shape index (κ3) is 8.07. The number of halogens is 1. The number of ether oxygens (including phenoxy) is 1. The van der Waals surface area contributed by atoms with Crippen molar-refractivity contribution in [3.63, 3.8) is 0 Å². The highest BCUT2D eigenvalue weighted by Gasteiger charge is 2.18. The quantitative estimate of drug-likeness (QED) is 0.542. The summed E-state index contributed by atoms with van der Waals surface area (Å²) in [6.45, 7) is 3.51. The van der Waals surface area contributed by atoms with Gasteiger partial charge in [0.2, 0.25) is 5.91 Å². The molecule has 0 spiro atoms. The molecule has 0 bridgehead atoms. The summed E-state index contributed by atoms with van der Waals surface area (Å²) >= 11 is 1.63. The zero-order chi connectivity index (χ0) is 18.8. The summed E-state index contributed by atoms with van der Waals surface area (Å²) < 4.78 is 4.84. The van der Waals surface area contributed by atoms with Gasteiger partial charge in [-0.3, -0.25) is 9.59 Å². The molecule has 1 unspecified atom stereocenters. The molecule has 4 N–H and O–H groups in total. The molecule has 26 heavy (non-hydrogen) atoms. The molecular formula is C17H26ClN3O4S. The monoisotopic (exact) mass is 403 g/mol. The Hall–Kier alpha value is -1.77. The number of esters is 1. The minimum Gasteiger partial charge on any atom is -0.464 e. The molecule has 1 aromatic carbocycles. The number of benzene rings is 1. The molecule has 2 atom stereocenters. The first-order chi connectivity index (χ1) is 11.9. The van der Waals surface area contributed by atoms with Gasteiger partial charge < -0.3 is 21.1 Å². The van der Waals surface area contributed by atoms with Crippen molar-refractivity contribution >= 4 is 47.6 Å². The highest BCUT2D eigenvalue weighted by atomic mass is 35.5. The van der Waals surface area contributed by atoms with Gasteiger partial charge in [0.15, 0.2) is 0 Å². The first-order valence-corrected chi connectivity index (χ1v) is 9.41. The Balaban J connectivity index is 0.00000625. The zero-order valence-electron chi connectivity index (χ0n) is 15.1. The first kappa shape index (κ1) is 24.2. The number of nitrogens with two attached hydrogens (primary N) is 1. The summed E-state index contributed by atoms with van der Waals surface area (Å²) in [5.74, 6) is -0.331. The maximum Gasteiger partial charge on any atom is 0.328 e. The van der Waals surface area contributed by atoms with E-state index >= 15 is 0 Å². The lowest BCUT2D eigenvalue weighted by Crippen LogP contribution is -2.39. The number of anilines is 1. The Morgan fingerprint density at radius 2 is 1.85 bits per heavy atom. The van der Waals surface area contributed by atoms with Gasteiger partial charge in [-0.2, -0.15) is 11.8 Å². The fourth-order valence-corrected chi connectivity index (χ4v) is 2.41. The average Bonchev–Trinajstić information content (AvgIpc) is 2.60. The van der Waals surface area contributed by atoms with Gasteiger partial charge in [0.05, 0.1) is 12.6 Å². The van der Waals surface area contributed by atoms with Gasteiger partial charge in [-0.15, -0.1) is 12.4 Å². The van der Waals surface area contributed by atoms with E-state index in [1.807, 2.05) is 6.26 Å². The minimum absolute atomic E-state index is 0. The predicted octanol–water partition coefficient (Wildman–Crippen LogP) is 1.81. The van der Waals surface area contributed by atoms with E-state index in [2.05, 4.69) is 10.6 Å². The molecule has 1 rings (SSSR count). The summed E-state index contributed by atoms with van der Waals surface area (Å²) in [6, 6.07) is 5.06. The van der Waals surface area contributed by atoms with E-state index in [0.717, 1.165) is 5.75 Å². The number of hydrogen-bond donors (Lipinski definition) is 3. The van der Waals surface area contributed by atoms with Crippen LogP contribution in [0.4, 0.5) is 5.69 Å². The Morgan fingerprint density at radius 3 is 2.38 bits per heavy atom. The van der Waals surface area contributed by atoms with Gasteiger partial charge in [-0.25, -0.2) is 4.79 Å². The minimum atomic E-state index is -0.735. The fourth-order valence-electron chi connectivity index (χ4n) is 1.92. The van der Waals surface area contributed by atoms with E-state index in [-0.39, 0.29) is 24.9 Å². The standard InChI is InChI=1S/C17H25N3O4S.ClH/c1-4-24-17(23)11(2)19-15(21)12-5-7-13(8-6-12)20-16(22)14(18)9-10-25-3;/h5-8,11,14H,4,9-10,18H2,1-3H3,(H,19,21)(H,20,22);1H/t11?,14-;/m0./s1. The maximum absolute atomic E-state index is 12.1. The fraction of sp³-hybridized carbons (Fsp3) is 0.471. The van der Waals surface area contributed by atoms with Crippen LogP contribution in [0.1, 0.15) is 30.6 Å². The third-order valence-corrected chi connectivity index (χ3v) is 4.02. The number of carbonyl (C=O) groups excluding carboxylic acids is 3. The highest BCUT2D eigenvalue weighted by molar-refractivity contribution is 7.98. The van der Waals surface area contributed by atoms with Crippen LogP contribution in [-0.4, -0.2) is 48.5 Å². The lowest BCUT2D eigenvalue weighted by molar-refractivity contribution is -0.144. The third-order valence-electron chi connectivity index (χ3n) is 3.37. The van der Waals surface area contributed by atoms with Crippen LogP contribution in [0.3, 0.4) is 0 Å². The number of rotatable bonds is 9. The number of nitrogens with one attached hydrogen (secondary N) is 2. The topological polar surface area (TPSA) is 111 Å². The van der Waals surface area contributed by atoms with Crippen molar-refractivity contribution in [3.8, 4) is 0 Å². The number of hydrogen-bond acceptors (Lipinski definition) is 6. The van der Waals surface area contributed by atoms with Crippen LogP contribution in [0.25, 0.3) is 0 Å².